The molecule has 3 nitrogen and oxygen atoms in total. The van der Waals surface area contributed by atoms with Gasteiger partial charge in [0.1, 0.15) is 0 Å². The normalized spacial score (nSPS) is 22.9. The number of morpholine rings is 1. The summed E-state index contributed by atoms with van der Waals surface area (Å²) >= 11 is 0. The number of hydrogen-bond acceptors (Lipinski definition) is 3. The van der Waals surface area contributed by atoms with Gasteiger partial charge < -0.3 is 10.5 Å². The van der Waals surface area contributed by atoms with Crippen molar-refractivity contribution >= 4 is 0 Å². The molecule has 0 aliphatic carbocycles. The third kappa shape index (κ3) is 3.55. The summed E-state index contributed by atoms with van der Waals surface area (Å²) in [7, 11) is 0. The lowest BCUT2D eigenvalue weighted by Crippen LogP contribution is -2.44. The summed E-state index contributed by atoms with van der Waals surface area (Å²) in [4.78, 5) is 2.42. The van der Waals surface area contributed by atoms with Gasteiger partial charge in [0.15, 0.2) is 0 Å². The summed E-state index contributed by atoms with van der Waals surface area (Å²) in [5.74, 6) is 0. The van der Waals surface area contributed by atoms with Crippen molar-refractivity contribution in [1.82, 2.24) is 4.90 Å². The van der Waals surface area contributed by atoms with Crippen molar-refractivity contribution in [3.63, 3.8) is 0 Å². The highest BCUT2D eigenvalue weighted by Gasteiger charge is 2.20. The third-order valence-electron chi connectivity index (χ3n) is 3.60. The number of benzene rings is 1. The van der Waals surface area contributed by atoms with Crippen LogP contribution in [0.5, 0.6) is 0 Å². The van der Waals surface area contributed by atoms with Gasteiger partial charge in [-0.25, -0.2) is 0 Å². The van der Waals surface area contributed by atoms with Crippen molar-refractivity contribution in [1.29, 1.82) is 0 Å². The number of nitrogens with zero attached hydrogens (tertiary/aromatic N) is 1. The maximum absolute atomic E-state index is 6.30. The highest BCUT2D eigenvalue weighted by atomic mass is 16.5. The van der Waals surface area contributed by atoms with Crippen LogP contribution in [0.3, 0.4) is 0 Å². The number of ether oxygens (including phenoxy) is 1. The van der Waals surface area contributed by atoms with Gasteiger partial charge in [-0.15, -0.1) is 0 Å². The second-order valence-corrected chi connectivity index (χ2v) is 5.18. The summed E-state index contributed by atoms with van der Waals surface area (Å²) < 4.78 is 5.68. The van der Waals surface area contributed by atoms with E-state index in [1.54, 1.807) is 0 Å². The van der Waals surface area contributed by atoms with E-state index in [9.17, 15) is 0 Å². The molecule has 1 aliphatic heterocycles. The molecule has 0 radical (unpaired) electrons. The molecule has 3 heteroatoms. The third-order valence-corrected chi connectivity index (χ3v) is 3.60. The maximum Gasteiger partial charge on any atom is 0.0700 e. The molecule has 0 saturated carbocycles. The molecule has 2 atom stereocenters. The molecule has 2 rings (SSSR count). The summed E-state index contributed by atoms with van der Waals surface area (Å²) in [6, 6.07) is 8.59. The SMILES string of the molecule is CCC1CN(CC(N)c2cccc(C)c2)CCO1. The predicted octanol–water partition coefficient (Wildman–Crippen LogP) is 2.11. The summed E-state index contributed by atoms with van der Waals surface area (Å²) in [6.45, 7) is 8.04. The lowest BCUT2D eigenvalue weighted by Gasteiger charge is -2.34. The van der Waals surface area contributed by atoms with Gasteiger partial charge in [0.05, 0.1) is 12.7 Å². The highest BCUT2D eigenvalue weighted by molar-refractivity contribution is 5.25. The molecule has 1 fully saturated rings. The van der Waals surface area contributed by atoms with Crippen LogP contribution < -0.4 is 5.73 Å². The van der Waals surface area contributed by atoms with Crippen LogP contribution in [0.25, 0.3) is 0 Å². The number of rotatable bonds is 4. The van der Waals surface area contributed by atoms with Crippen molar-refractivity contribution in [3.8, 4) is 0 Å². The zero-order valence-corrected chi connectivity index (χ0v) is 11.4. The van der Waals surface area contributed by atoms with Crippen molar-refractivity contribution in [2.24, 2.45) is 5.73 Å². The van der Waals surface area contributed by atoms with Crippen molar-refractivity contribution < 1.29 is 4.74 Å². The highest BCUT2D eigenvalue weighted by Crippen LogP contribution is 2.16. The van der Waals surface area contributed by atoms with Crippen LogP contribution in [0, 0.1) is 6.92 Å². The fourth-order valence-electron chi connectivity index (χ4n) is 2.48. The second kappa shape index (κ2) is 6.32. The molecular formula is C15H24N2O. The van der Waals surface area contributed by atoms with E-state index in [0.29, 0.717) is 6.10 Å². The molecule has 1 aromatic carbocycles. The molecule has 1 heterocycles. The Morgan fingerprint density at radius 2 is 2.33 bits per heavy atom. The van der Waals surface area contributed by atoms with E-state index in [2.05, 4.69) is 43.0 Å². The minimum atomic E-state index is 0.0977. The predicted molar refractivity (Wildman–Crippen MR) is 74.6 cm³/mol. The standard InChI is InChI=1S/C15H24N2O/c1-3-14-10-17(7-8-18-14)11-15(16)13-6-4-5-12(2)9-13/h4-6,9,14-15H,3,7-8,10-11,16H2,1-2H3. The minimum Gasteiger partial charge on any atom is -0.376 e. The molecule has 0 aromatic heterocycles. The van der Waals surface area contributed by atoms with Crippen LogP contribution in [0.15, 0.2) is 24.3 Å². The Morgan fingerprint density at radius 3 is 3.06 bits per heavy atom. The average molecular weight is 248 g/mol. The van der Waals surface area contributed by atoms with E-state index in [-0.39, 0.29) is 6.04 Å². The molecule has 0 spiro atoms. The Morgan fingerprint density at radius 1 is 1.50 bits per heavy atom. The lowest BCUT2D eigenvalue weighted by atomic mass is 10.0. The van der Waals surface area contributed by atoms with Gasteiger partial charge in [-0.05, 0) is 18.9 Å². The van der Waals surface area contributed by atoms with Crippen LogP contribution in [-0.4, -0.2) is 37.2 Å². The summed E-state index contributed by atoms with van der Waals surface area (Å²) in [5.41, 5.74) is 8.80. The zero-order valence-electron chi connectivity index (χ0n) is 11.4. The Kier molecular flexibility index (Phi) is 4.75. The molecule has 1 aliphatic rings. The van der Waals surface area contributed by atoms with Crippen LogP contribution in [-0.2, 0) is 4.74 Å². The molecular weight excluding hydrogens is 224 g/mol. The lowest BCUT2D eigenvalue weighted by molar-refractivity contribution is -0.0312. The molecule has 2 N–H and O–H groups in total. The first-order valence-electron chi connectivity index (χ1n) is 6.85. The first kappa shape index (κ1) is 13.5. The van der Waals surface area contributed by atoms with Gasteiger partial charge >= 0.3 is 0 Å². The molecule has 1 aromatic rings. The van der Waals surface area contributed by atoms with Crippen LogP contribution in [0.4, 0.5) is 0 Å². The quantitative estimate of drug-likeness (QED) is 0.887. The summed E-state index contributed by atoms with van der Waals surface area (Å²) in [5, 5.41) is 0. The van der Waals surface area contributed by atoms with Gasteiger partial charge in [0.25, 0.3) is 0 Å². The van der Waals surface area contributed by atoms with Gasteiger partial charge in [-0.1, -0.05) is 36.8 Å². The van der Waals surface area contributed by atoms with Gasteiger partial charge in [0, 0.05) is 25.7 Å². The van der Waals surface area contributed by atoms with Crippen LogP contribution >= 0.6 is 0 Å². The van der Waals surface area contributed by atoms with Crippen LogP contribution in [0.2, 0.25) is 0 Å². The first-order valence-corrected chi connectivity index (χ1v) is 6.85. The number of hydrogen-bond donors (Lipinski definition) is 1. The van der Waals surface area contributed by atoms with E-state index in [1.807, 2.05) is 0 Å². The smallest absolute Gasteiger partial charge is 0.0700 e. The van der Waals surface area contributed by atoms with E-state index in [0.717, 1.165) is 32.7 Å². The summed E-state index contributed by atoms with van der Waals surface area (Å²) in [6.07, 6.45) is 1.46. The molecule has 0 amide bonds. The largest absolute Gasteiger partial charge is 0.376 e. The van der Waals surface area contributed by atoms with Gasteiger partial charge in [-0.3, -0.25) is 4.90 Å². The molecule has 18 heavy (non-hydrogen) atoms. The van der Waals surface area contributed by atoms with Gasteiger partial charge in [0.2, 0.25) is 0 Å². The number of aryl methyl sites for hydroxylation is 1. The van der Waals surface area contributed by atoms with E-state index in [1.165, 1.54) is 11.1 Å². The van der Waals surface area contributed by atoms with Crippen molar-refractivity contribution in [3.05, 3.63) is 35.4 Å². The maximum atomic E-state index is 6.30. The Bertz CT molecular complexity index is 381. The average Bonchev–Trinajstić information content (AvgIpc) is 2.39. The van der Waals surface area contributed by atoms with Crippen molar-refractivity contribution in [2.45, 2.75) is 32.4 Å². The second-order valence-electron chi connectivity index (χ2n) is 5.18. The van der Waals surface area contributed by atoms with Crippen LogP contribution in [0.1, 0.15) is 30.5 Å². The monoisotopic (exact) mass is 248 g/mol. The fourth-order valence-corrected chi connectivity index (χ4v) is 2.48. The van der Waals surface area contributed by atoms with E-state index >= 15 is 0 Å². The minimum absolute atomic E-state index is 0.0977. The van der Waals surface area contributed by atoms with E-state index in [4.69, 9.17) is 10.5 Å². The van der Waals surface area contributed by atoms with E-state index < -0.39 is 0 Å². The Balaban J connectivity index is 1.92. The molecule has 2 unspecified atom stereocenters. The topological polar surface area (TPSA) is 38.5 Å². The molecule has 100 valence electrons. The zero-order chi connectivity index (χ0) is 13.0. The van der Waals surface area contributed by atoms with Gasteiger partial charge in [-0.2, -0.15) is 0 Å². The van der Waals surface area contributed by atoms with Crippen molar-refractivity contribution in [2.75, 3.05) is 26.2 Å². The Hall–Kier alpha value is -0.900. The fraction of sp³-hybridized carbons (Fsp3) is 0.600. The molecule has 0 bridgehead atoms. The first-order chi connectivity index (χ1) is 8.69. The Labute approximate surface area is 110 Å². The molecule has 1 saturated heterocycles. The number of nitrogens with two attached hydrogens (primary N) is 1.